The number of benzene rings is 4. The second kappa shape index (κ2) is 37.3. The van der Waals surface area contributed by atoms with Crippen molar-refractivity contribution in [1.29, 1.82) is 0 Å². The zero-order chi connectivity index (χ0) is 52.5. The molecule has 4 heterocycles. The van der Waals surface area contributed by atoms with E-state index in [1.54, 1.807) is 22.7 Å². The third kappa shape index (κ3) is 22.9. The molecule has 1 unspecified atom stereocenters. The first-order chi connectivity index (χ1) is 33.7. The fourth-order valence-electron chi connectivity index (χ4n) is 9.53. The molecule has 0 N–H and O–H groups in total. The molecule has 2 saturated heterocycles. The van der Waals surface area contributed by atoms with Gasteiger partial charge in [-0.25, -0.2) is 8.78 Å². The van der Waals surface area contributed by atoms with Crippen molar-refractivity contribution < 1.29 is 41.7 Å². The maximum Gasteiger partial charge on any atom is 0 e. The van der Waals surface area contributed by atoms with Crippen LogP contribution >= 0.6 is 118 Å². The Kier molecular flexibility index (Phi) is 36.9. The van der Waals surface area contributed by atoms with Gasteiger partial charge in [0.05, 0.1) is 24.4 Å². The summed E-state index contributed by atoms with van der Waals surface area (Å²) in [4.78, 5) is 4.76. The third-order valence-electron chi connectivity index (χ3n) is 14.7. The average Bonchev–Trinajstić information content (AvgIpc) is 4.02. The van der Waals surface area contributed by atoms with Gasteiger partial charge in [0, 0.05) is 54.7 Å². The number of alkyl halides is 1. The Morgan fingerprint density at radius 1 is 0.541 bits per heavy atom. The molecule has 409 valence electrons. The van der Waals surface area contributed by atoms with Crippen LogP contribution in [0.3, 0.4) is 0 Å². The molecule has 4 aromatic carbocycles. The largest absolute Gasteiger partial charge is 0.813 e. The van der Waals surface area contributed by atoms with Crippen molar-refractivity contribution in [3.8, 4) is 20.9 Å². The van der Waals surface area contributed by atoms with Gasteiger partial charge in [-0.15, -0.1) is 22.7 Å². The number of ether oxygens (including phenoxy) is 2. The smallest absolute Gasteiger partial charge is 0 e. The van der Waals surface area contributed by atoms with Crippen LogP contribution in [0, 0.1) is 67.9 Å². The quantitative estimate of drug-likeness (QED) is 0.0673. The van der Waals surface area contributed by atoms with E-state index in [9.17, 15) is 8.78 Å². The molecule has 2 nitrogen and oxygen atoms in total. The number of thiol groups is 3. The molecule has 10 atom stereocenters. The fourth-order valence-corrected chi connectivity index (χ4v) is 11.6. The van der Waals surface area contributed by atoms with Crippen molar-refractivity contribution in [1.82, 2.24) is 0 Å². The van der Waals surface area contributed by atoms with Gasteiger partial charge in [-0.3, -0.25) is 0 Å². The van der Waals surface area contributed by atoms with Gasteiger partial charge in [0.25, 0.3) is 0 Å². The van der Waals surface area contributed by atoms with Crippen LogP contribution in [0.15, 0.2) is 109 Å². The molecule has 2 aliphatic heterocycles. The van der Waals surface area contributed by atoms with E-state index in [1.165, 1.54) is 77.2 Å². The van der Waals surface area contributed by atoms with Crippen LogP contribution < -0.4 is 0 Å². The maximum absolute atomic E-state index is 13.2. The molecule has 2 aliphatic rings. The van der Waals surface area contributed by atoms with Crippen molar-refractivity contribution in [2.75, 3.05) is 3.76 Å². The normalized spacial score (nSPS) is 22.8. The van der Waals surface area contributed by atoms with Crippen molar-refractivity contribution in [3.05, 3.63) is 164 Å². The fraction of sp³-hybridized carbons (Fsp3) is 0.458. The predicted octanol–water partition coefficient (Wildman–Crippen LogP) is 20.5. The molecule has 0 aliphatic carbocycles. The van der Waals surface area contributed by atoms with E-state index in [0.717, 1.165) is 52.4 Å². The van der Waals surface area contributed by atoms with E-state index in [1.807, 2.05) is 24.3 Å². The average molecular weight is 1630 g/mol. The predicted molar refractivity (Wildman–Crippen MR) is 357 cm³/mol. The Morgan fingerprint density at radius 3 is 1.36 bits per heavy atom. The van der Waals surface area contributed by atoms with Crippen molar-refractivity contribution in [2.45, 2.75) is 133 Å². The van der Waals surface area contributed by atoms with Gasteiger partial charge in [0.1, 0.15) is 11.6 Å². The second-order valence-electron chi connectivity index (χ2n) is 19.3. The molecule has 2 aromatic heterocycles. The number of thiophene rings is 2. The minimum absolute atomic E-state index is 0. The monoisotopic (exact) mass is 1620 g/mol. The second-order valence-corrected chi connectivity index (χ2v) is 59.3. The summed E-state index contributed by atoms with van der Waals surface area (Å²) in [7, 11) is 0. The van der Waals surface area contributed by atoms with Crippen LogP contribution in [0.5, 0.6) is 0 Å². The van der Waals surface area contributed by atoms with Crippen molar-refractivity contribution in [2.24, 2.45) is 35.5 Å². The van der Waals surface area contributed by atoms with Crippen LogP contribution in [0.25, 0.3) is 20.9 Å². The topological polar surface area (TPSA) is 18.5 Å². The van der Waals surface area contributed by atoms with Crippen molar-refractivity contribution in [3.63, 3.8) is 0 Å². The minimum Gasteiger partial charge on any atom is -0.813 e. The van der Waals surface area contributed by atoms with Gasteiger partial charge in [0.2, 0.25) is 0 Å². The van der Waals surface area contributed by atoms with E-state index in [4.69, 9.17) is 9.47 Å². The number of hydrogen-bond donors (Lipinski definition) is 1. The molecule has 0 saturated carbocycles. The summed E-state index contributed by atoms with van der Waals surface area (Å²) in [5, 5.41) is 0. The Bertz CT molecular complexity index is 2490. The molecule has 1 radical (unpaired) electrons. The van der Waals surface area contributed by atoms with E-state index >= 15 is 0 Å². The van der Waals surface area contributed by atoms with Crippen LogP contribution in [-0.2, 0) is 72.8 Å². The summed E-state index contributed by atoms with van der Waals surface area (Å²) in [5.74, 6) is 3.59. The Hall–Kier alpha value is 1.20. The molecule has 8 rings (SSSR count). The summed E-state index contributed by atoms with van der Waals surface area (Å²) in [5.41, 5.74) is 10.1. The van der Waals surface area contributed by atoms with Gasteiger partial charge in [0.15, 0.2) is 0 Å². The standard InChI is InChI=1S/C28H33FOS.C19H17FS.C11H22O.CH3IS.3HI.2H2S.2V/c1-6-26-19(4)18(3)20(5)28(30-26)22-8-7-17(2)23(15-22)16-25-13-14-27(31-25)21-9-11-24(29)12-10-21;1-13-3-4-14(2)16(11-13)12-18-9-10-19(21-18)15-5-7-17(20)8-6-15;1-6-11-9(4)7(2)8(3)10(5)12-11;2-1-3;;;;;;;/h7-15,18-20,26,28H,6,16H2,1-5H3;3-11H,12H2,1-2H3;7-11H,6H2,1-5H3;3H,1H2;3*1H;2*1H2;;/q;;;;;;;;;;+3/p-5/t18-,19-,20+,26+,28+;;7-,8-,9+,10?,11-;;;;;;;;/m0.1......../s1. The first kappa shape index (κ1) is 73.2. The van der Waals surface area contributed by atoms with Gasteiger partial charge < -0.3 is 36.5 Å². The maximum atomic E-state index is 13.2. The SMILES string of the molecule is CC[C@H]1OC(C)[C@H](C)[C@@H](C)[C@@H]1C.CC[C@H]1O[C@@H](c2ccc(C)c(Cc3ccc(-c4ccc(F)cc4)s3)c2)[C@H](C)[C@@H](C)[C@@H]1C.Cc1ccc(C)c(Cc2ccc(-c3ccc(F)cc3)s2)c1.SCI.[I][V]([I])[I].[SH-].[SH-].[V]. The van der Waals surface area contributed by atoms with Crippen LogP contribution in [0.1, 0.15) is 124 Å². The molecule has 0 bridgehead atoms. The Morgan fingerprint density at radius 2 is 0.932 bits per heavy atom. The Balaban J connectivity index is 0.000000551. The number of aryl methyl sites for hydroxylation is 3. The molecule has 6 aromatic rings. The van der Waals surface area contributed by atoms with Gasteiger partial charge in [-0.05, 0) is 164 Å². The van der Waals surface area contributed by atoms with Crippen LogP contribution in [-0.4, -0.2) is 22.1 Å². The zero-order valence-corrected chi connectivity index (χ0v) is 60.6. The van der Waals surface area contributed by atoms with E-state index in [-0.39, 0.29) is 68.2 Å². The first-order valence-corrected chi connectivity index (χ1v) is 42.1. The minimum atomic E-state index is -0.278. The molecule has 15 heteroatoms. The summed E-state index contributed by atoms with van der Waals surface area (Å²) >= 11 is 16.9. The molecule has 2 fully saturated rings. The van der Waals surface area contributed by atoms with E-state index in [0.29, 0.717) is 42.0 Å². The van der Waals surface area contributed by atoms with Gasteiger partial charge in [-0.2, -0.15) is 12.6 Å². The molecule has 0 spiro atoms. The summed E-state index contributed by atoms with van der Waals surface area (Å²) in [6.07, 6.45) is 5.52. The third-order valence-corrected chi connectivity index (χ3v) is 17.0. The molecule has 74 heavy (non-hydrogen) atoms. The number of halogens is 6. The van der Waals surface area contributed by atoms with Gasteiger partial charge >= 0.3 is 64.9 Å². The summed E-state index contributed by atoms with van der Waals surface area (Å²) in [6, 6.07) is 35.6. The van der Waals surface area contributed by atoms with Crippen LogP contribution in [0.2, 0.25) is 0 Å². The first-order valence-electron chi connectivity index (χ1n) is 24.8. The van der Waals surface area contributed by atoms with Crippen molar-refractivity contribution >= 4 is 145 Å². The molecular weight excluding hydrogens is 1550 g/mol. The Labute approximate surface area is 536 Å². The van der Waals surface area contributed by atoms with Crippen LogP contribution in [0.4, 0.5) is 8.78 Å². The molecular formula is C59H77F2I4O2S5V2-2. The van der Waals surface area contributed by atoms with E-state index < -0.39 is 0 Å². The number of hydrogen-bond acceptors (Lipinski definition) is 7. The number of rotatable bonds is 9. The zero-order valence-electron chi connectivity index (χ0n) is 44.8. The summed E-state index contributed by atoms with van der Waals surface area (Å²) < 4.78 is 39.7. The van der Waals surface area contributed by atoms with E-state index in [2.05, 4.69) is 239 Å². The van der Waals surface area contributed by atoms with Gasteiger partial charge in [-0.1, -0.05) is 144 Å². The molecule has 0 amide bonds. The summed E-state index contributed by atoms with van der Waals surface area (Å²) in [6.45, 7) is 27.2.